The van der Waals surface area contributed by atoms with Crippen molar-refractivity contribution in [3.05, 3.63) is 71.5 Å². The van der Waals surface area contributed by atoms with Gasteiger partial charge in [0.2, 0.25) is 5.91 Å². The molecule has 1 aromatic carbocycles. The summed E-state index contributed by atoms with van der Waals surface area (Å²) < 4.78 is 20.2. The van der Waals surface area contributed by atoms with Gasteiger partial charge >= 0.3 is 5.97 Å². The Morgan fingerprint density at radius 1 is 1.23 bits per heavy atom. The summed E-state index contributed by atoms with van der Waals surface area (Å²) in [4.78, 5) is 39.3. The molecule has 0 spiro atoms. The third kappa shape index (κ3) is 5.52. The normalized spacial score (nSPS) is 12.2. The van der Waals surface area contributed by atoms with E-state index in [0.717, 1.165) is 21.1 Å². The lowest BCUT2D eigenvalue weighted by molar-refractivity contribution is -0.135. The van der Waals surface area contributed by atoms with Gasteiger partial charge in [-0.05, 0) is 50.3 Å². The quantitative estimate of drug-likeness (QED) is 0.589. The topological polar surface area (TPSA) is 77.4 Å². The molecule has 1 amide bonds. The zero-order valence-corrected chi connectivity index (χ0v) is 17.9. The number of nitrogens with zero attached hydrogens (tertiary/aromatic N) is 1. The van der Waals surface area contributed by atoms with Crippen LogP contribution in [0.25, 0.3) is 12.2 Å². The lowest BCUT2D eigenvalue weighted by Gasteiger charge is -2.06. The minimum absolute atomic E-state index is 0.193. The number of carbonyl (C=O) groups excluding carboxylic acids is 2. The minimum atomic E-state index is -0.600. The average Bonchev–Trinajstić information content (AvgIpc) is 3.20. The molecule has 0 saturated heterocycles. The number of rotatable bonds is 6. The monoisotopic (exact) mass is 446 g/mol. The van der Waals surface area contributed by atoms with Crippen LogP contribution in [0, 0.1) is 12.7 Å². The first-order chi connectivity index (χ1) is 14.4. The summed E-state index contributed by atoms with van der Waals surface area (Å²) in [6.45, 7) is 3.51. The molecule has 0 bridgehead atoms. The molecule has 2 heterocycles. The summed E-state index contributed by atoms with van der Waals surface area (Å²) in [5, 5.41) is 2.55. The molecule has 0 unspecified atom stereocenters. The number of benzene rings is 1. The number of hydrogen-bond donors (Lipinski definition) is 1. The predicted molar refractivity (Wildman–Crippen MR) is 117 cm³/mol. The number of aryl methyl sites for hydroxylation is 1. The van der Waals surface area contributed by atoms with Crippen molar-refractivity contribution in [2.45, 2.75) is 20.4 Å². The van der Waals surface area contributed by atoms with Crippen LogP contribution in [0.2, 0.25) is 0 Å². The van der Waals surface area contributed by atoms with E-state index < -0.39 is 23.3 Å². The summed E-state index contributed by atoms with van der Waals surface area (Å²) in [7, 11) is 0. The first-order valence-corrected chi connectivity index (χ1v) is 10.7. The summed E-state index contributed by atoms with van der Waals surface area (Å²) in [6.07, 6.45) is 2.93. The first kappa shape index (κ1) is 21.7. The highest BCUT2D eigenvalue weighted by Gasteiger charge is 2.12. The maximum Gasteiger partial charge on any atom is 0.333 e. The molecule has 9 heteroatoms. The Labute approximate surface area is 179 Å². The minimum Gasteiger partial charge on any atom is -0.463 e. The van der Waals surface area contributed by atoms with Crippen LogP contribution >= 0.6 is 22.7 Å². The van der Waals surface area contributed by atoms with E-state index in [1.165, 1.54) is 40.2 Å². The predicted octanol–water partition coefficient (Wildman–Crippen LogP) is 2.23. The average molecular weight is 447 g/mol. The van der Waals surface area contributed by atoms with Gasteiger partial charge in [-0.2, -0.15) is 0 Å². The van der Waals surface area contributed by atoms with Crippen molar-refractivity contribution in [2.24, 2.45) is 0 Å². The molecule has 0 radical (unpaired) electrons. The number of aromatic nitrogens is 1. The van der Waals surface area contributed by atoms with Crippen molar-refractivity contribution < 1.29 is 18.7 Å². The van der Waals surface area contributed by atoms with Crippen LogP contribution in [0.4, 0.5) is 10.1 Å². The molecule has 0 fully saturated rings. The number of esters is 1. The molecule has 3 rings (SSSR count). The van der Waals surface area contributed by atoms with E-state index in [2.05, 4.69) is 5.32 Å². The molecule has 0 aliphatic heterocycles. The lowest BCUT2D eigenvalue weighted by atomic mass is 10.3. The van der Waals surface area contributed by atoms with Gasteiger partial charge in [-0.15, -0.1) is 22.7 Å². The van der Waals surface area contributed by atoms with Crippen molar-refractivity contribution in [3.8, 4) is 0 Å². The SMILES string of the molecule is CCOC(=O)/C=c1\s/c(=C\c2ccc(C)s2)c(=O)n1CC(=O)Nc1cccc(F)c1. The third-order valence-corrected chi connectivity index (χ3v) is 5.92. The molecule has 1 N–H and O–H groups in total. The first-order valence-electron chi connectivity index (χ1n) is 9.07. The summed E-state index contributed by atoms with van der Waals surface area (Å²) in [5.41, 5.74) is -0.115. The van der Waals surface area contributed by atoms with Crippen molar-refractivity contribution >= 4 is 52.4 Å². The molecule has 0 aliphatic rings. The molecular formula is C21H19FN2O4S2. The molecule has 2 aromatic heterocycles. The fourth-order valence-corrected chi connectivity index (χ4v) is 4.56. The maximum atomic E-state index is 13.3. The molecular weight excluding hydrogens is 427 g/mol. The van der Waals surface area contributed by atoms with Gasteiger partial charge in [0.05, 0.1) is 17.2 Å². The van der Waals surface area contributed by atoms with E-state index >= 15 is 0 Å². The fourth-order valence-electron chi connectivity index (χ4n) is 2.65. The van der Waals surface area contributed by atoms with Crippen LogP contribution in [-0.2, 0) is 20.9 Å². The Morgan fingerprint density at radius 3 is 2.70 bits per heavy atom. The largest absolute Gasteiger partial charge is 0.463 e. The number of thiophene rings is 1. The van der Waals surface area contributed by atoms with Gasteiger partial charge in [0.15, 0.2) is 0 Å². The number of nitrogens with one attached hydrogen (secondary N) is 1. The lowest BCUT2D eigenvalue weighted by Crippen LogP contribution is -2.36. The van der Waals surface area contributed by atoms with Gasteiger partial charge in [-0.3, -0.25) is 14.2 Å². The number of carbonyl (C=O) groups is 2. The Hall–Kier alpha value is -3.04. The Morgan fingerprint density at radius 2 is 2.03 bits per heavy atom. The Bertz CT molecular complexity index is 1260. The number of anilines is 1. The van der Waals surface area contributed by atoms with Gasteiger partial charge in [-0.1, -0.05) is 6.07 Å². The summed E-state index contributed by atoms with van der Waals surface area (Å²) in [5.74, 6) is -1.60. The van der Waals surface area contributed by atoms with Crippen molar-refractivity contribution in [3.63, 3.8) is 0 Å². The fraction of sp³-hybridized carbons (Fsp3) is 0.190. The van der Waals surface area contributed by atoms with E-state index in [9.17, 15) is 18.8 Å². The van der Waals surface area contributed by atoms with Crippen LogP contribution in [0.15, 0.2) is 41.2 Å². The highest BCUT2D eigenvalue weighted by Crippen LogP contribution is 2.15. The van der Waals surface area contributed by atoms with Crippen LogP contribution in [0.3, 0.4) is 0 Å². The van der Waals surface area contributed by atoms with Gasteiger partial charge < -0.3 is 10.1 Å². The van der Waals surface area contributed by atoms with E-state index in [1.807, 2.05) is 19.1 Å². The smallest absolute Gasteiger partial charge is 0.333 e. The van der Waals surface area contributed by atoms with Crippen molar-refractivity contribution in [1.29, 1.82) is 0 Å². The van der Waals surface area contributed by atoms with Crippen molar-refractivity contribution in [2.75, 3.05) is 11.9 Å². The van der Waals surface area contributed by atoms with Crippen LogP contribution < -0.4 is 20.1 Å². The number of thiazole rings is 1. The van der Waals surface area contributed by atoms with E-state index in [4.69, 9.17) is 4.74 Å². The number of amides is 1. The second kappa shape index (κ2) is 9.64. The molecule has 0 saturated carbocycles. The summed E-state index contributed by atoms with van der Waals surface area (Å²) >= 11 is 2.63. The van der Waals surface area contributed by atoms with Crippen LogP contribution in [0.5, 0.6) is 0 Å². The Kier molecular flexibility index (Phi) is 6.96. The van der Waals surface area contributed by atoms with E-state index in [0.29, 0.717) is 9.20 Å². The highest BCUT2D eigenvalue weighted by atomic mass is 32.1. The van der Waals surface area contributed by atoms with Gasteiger partial charge in [0.1, 0.15) is 17.0 Å². The second-order valence-corrected chi connectivity index (χ2v) is 8.63. The second-order valence-electron chi connectivity index (χ2n) is 6.24. The van der Waals surface area contributed by atoms with Crippen molar-refractivity contribution in [1.82, 2.24) is 4.57 Å². The Balaban J connectivity index is 1.98. The number of halogens is 1. The number of ether oxygens (including phenoxy) is 1. The maximum absolute atomic E-state index is 13.3. The van der Waals surface area contributed by atoms with E-state index in [1.54, 1.807) is 19.1 Å². The molecule has 0 aliphatic carbocycles. The number of hydrogen-bond acceptors (Lipinski definition) is 6. The van der Waals surface area contributed by atoms with Gasteiger partial charge in [0.25, 0.3) is 5.56 Å². The standard InChI is InChI=1S/C21H19FN2O4S2/c1-3-28-20(26)11-19-24(12-18(25)23-15-6-4-5-14(22)9-15)21(27)17(30-19)10-16-8-7-13(2)29-16/h4-11H,3,12H2,1-2H3,(H,23,25)/b17-10-,19-11-. The molecule has 0 atom stereocenters. The van der Waals surface area contributed by atoms with Crippen LogP contribution in [0.1, 0.15) is 16.7 Å². The molecule has 3 aromatic rings. The molecule has 30 heavy (non-hydrogen) atoms. The zero-order chi connectivity index (χ0) is 21.7. The van der Waals surface area contributed by atoms with E-state index in [-0.39, 0.29) is 18.8 Å². The molecule has 6 nitrogen and oxygen atoms in total. The zero-order valence-electron chi connectivity index (χ0n) is 16.3. The highest BCUT2D eigenvalue weighted by molar-refractivity contribution is 7.13. The molecule has 156 valence electrons. The van der Waals surface area contributed by atoms with Crippen LogP contribution in [-0.4, -0.2) is 23.1 Å². The van der Waals surface area contributed by atoms with Gasteiger partial charge in [-0.25, -0.2) is 9.18 Å². The summed E-state index contributed by atoms with van der Waals surface area (Å²) in [6, 6.07) is 9.30. The van der Waals surface area contributed by atoms with Gasteiger partial charge in [0, 0.05) is 15.4 Å². The third-order valence-electron chi connectivity index (χ3n) is 3.91.